The third kappa shape index (κ3) is 3.91. The Kier molecular flexibility index (Phi) is 6.09. The molecule has 0 unspecified atom stereocenters. The number of carbonyl (C=O) groups is 2. The summed E-state index contributed by atoms with van der Waals surface area (Å²) in [5, 5.41) is 0. The van der Waals surface area contributed by atoms with Crippen molar-refractivity contribution in [3.63, 3.8) is 0 Å². The molecule has 0 radical (unpaired) electrons. The fourth-order valence-corrected chi connectivity index (χ4v) is 7.51. The normalized spacial score (nSPS) is 27.5. The third-order valence-electron chi connectivity index (χ3n) is 9.46. The molecule has 0 aromatic heterocycles. The van der Waals surface area contributed by atoms with Crippen molar-refractivity contribution in [3.8, 4) is 34.5 Å². The van der Waals surface area contributed by atoms with E-state index in [-0.39, 0.29) is 37.5 Å². The predicted octanol–water partition coefficient (Wildman–Crippen LogP) is 3.44. The first-order valence-electron chi connectivity index (χ1n) is 14.7. The molecule has 44 heavy (non-hydrogen) atoms. The van der Waals surface area contributed by atoms with Crippen molar-refractivity contribution in [1.82, 2.24) is 9.80 Å². The van der Waals surface area contributed by atoms with Crippen molar-refractivity contribution in [2.24, 2.45) is 0 Å². The van der Waals surface area contributed by atoms with Crippen molar-refractivity contribution < 1.29 is 42.7 Å². The molecule has 0 bridgehead atoms. The number of epoxide rings is 1. The monoisotopic (exact) mass is 600 g/mol. The molecule has 8 rings (SSSR count). The van der Waals surface area contributed by atoms with Crippen LogP contribution in [0.1, 0.15) is 35.6 Å². The highest BCUT2D eigenvalue weighted by Gasteiger charge is 2.76. The molecule has 3 fully saturated rings. The quantitative estimate of drug-likeness (QED) is 0.393. The average Bonchev–Trinajstić information content (AvgIpc) is 3.30. The second kappa shape index (κ2) is 9.95. The molecule has 3 aromatic carbocycles. The van der Waals surface area contributed by atoms with Crippen LogP contribution in [-0.4, -0.2) is 80.2 Å². The number of carbonyl (C=O) groups excluding carboxylic acids is 2. The average molecular weight is 601 g/mol. The molecule has 3 aromatic rings. The van der Waals surface area contributed by atoms with Crippen LogP contribution in [-0.2, 0) is 20.7 Å². The topological polar surface area (TPSA) is 109 Å². The molecule has 228 valence electrons. The number of hydrogen-bond donors (Lipinski definition) is 0. The van der Waals surface area contributed by atoms with Crippen LogP contribution in [0.3, 0.4) is 0 Å². The van der Waals surface area contributed by atoms with Crippen LogP contribution in [0.25, 0.3) is 0 Å². The number of piperazine rings is 1. The molecule has 0 saturated carbocycles. The summed E-state index contributed by atoms with van der Waals surface area (Å²) in [4.78, 5) is 31.6. The van der Waals surface area contributed by atoms with Gasteiger partial charge in [-0.25, -0.2) is 0 Å². The lowest BCUT2D eigenvalue weighted by molar-refractivity contribution is -0.142. The number of amides is 2. The molecular formula is C33H32N2O9. The van der Waals surface area contributed by atoms with Crippen molar-refractivity contribution in [1.29, 1.82) is 0 Å². The molecule has 2 amide bonds. The van der Waals surface area contributed by atoms with Gasteiger partial charge in [0.1, 0.15) is 6.10 Å². The summed E-state index contributed by atoms with van der Waals surface area (Å²) < 4.78 is 40.3. The van der Waals surface area contributed by atoms with Gasteiger partial charge in [0.25, 0.3) is 5.91 Å². The molecule has 0 aliphatic carbocycles. The van der Waals surface area contributed by atoms with Crippen molar-refractivity contribution >= 4 is 11.8 Å². The van der Waals surface area contributed by atoms with Gasteiger partial charge in [0, 0.05) is 25.9 Å². The van der Waals surface area contributed by atoms with Crippen LogP contribution >= 0.6 is 0 Å². The van der Waals surface area contributed by atoms with Crippen LogP contribution in [0.15, 0.2) is 54.6 Å². The zero-order valence-corrected chi connectivity index (χ0v) is 24.6. The van der Waals surface area contributed by atoms with Gasteiger partial charge in [-0.05, 0) is 47.4 Å². The maximum atomic E-state index is 14.6. The summed E-state index contributed by atoms with van der Waals surface area (Å²) in [6, 6.07) is 16.9. The van der Waals surface area contributed by atoms with Gasteiger partial charge in [0.05, 0.1) is 26.3 Å². The molecule has 5 atom stereocenters. The third-order valence-corrected chi connectivity index (χ3v) is 9.46. The van der Waals surface area contributed by atoms with Crippen LogP contribution in [0.2, 0.25) is 0 Å². The summed E-state index contributed by atoms with van der Waals surface area (Å²) in [6.07, 6.45) is 0.0762. The minimum Gasteiger partial charge on any atom is -0.493 e. The molecule has 5 aliphatic rings. The van der Waals surface area contributed by atoms with E-state index in [4.69, 9.17) is 33.2 Å². The Balaban J connectivity index is 1.19. The van der Waals surface area contributed by atoms with E-state index in [0.29, 0.717) is 54.0 Å². The number of fused-ring (bicyclic) bond motifs is 3. The number of hydrogen-bond acceptors (Lipinski definition) is 9. The minimum atomic E-state index is -1.12. The molecule has 11 nitrogen and oxygen atoms in total. The molecule has 5 heterocycles. The van der Waals surface area contributed by atoms with Gasteiger partial charge in [-0.1, -0.05) is 30.3 Å². The Labute approximate surface area is 254 Å². The fraction of sp³-hybridized carbons (Fsp3) is 0.394. The molecule has 5 aliphatic heterocycles. The molecule has 11 heteroatoms. The second-order valence-electron chi connectivity index (χ2n) is 11.7. The summed E-state index contributed by atoms with van der Waals surface area (Å²) in [5.41, 5.74) is 1.58. The SMILES string of the molecule is COc1cc(C[C@H]2CN3C(=O)[C@@]4(O[C@H]4c4ccccc4)[C@H](c4cc(OC)c5c(c4)OCO5)[C@H]3CN2C(C)=O)cc2c1OCO2. The summed E-state index contributed by atoms with van der Waals surface area (Å²) >= 11 is 0. The second-order valence-corrected chi connectivity index (χ2v) is 11.7. The number of methoxy groups -OCH3 is 2. The highest BCUT2D eigenvalue weighted by Crippen LogP contribution is 2.65. The van der Waals surface area contributed by atoms with E-state index in [9.17, 15) is 9.59 Å². The lowest BCUT2D eigenvalue weighted by atomic mass is 9.79. The molecular weight excluding hydrogens is 568 g/mol. The summed E-state index contributed by atoms with van der Waals surface area (Å²) in [7, 11) is 3.16. The van der Waals surface area contributed by atoms with Crippen LogP contribution < -0.4 is 28.4 Å². The number of ether oxygens (including phenoxy) is 7. The lowest BCUT2D eigenvalue weighted by Crippen LogP contribution is -2.59. The Hall–Kier alpha value is -4.64. The minimum absolute atomic E-state index is 0.0610. The van der Waals surface area contributed by atoms with E-state index in [2.05, 4.69) is 0 Å². The van der Waals surface area contributed by atoms with E-state index < -0.39 is 17.6 Å². The maximum absolute atomic E-state index is 14.6. The molecule has 3 saturated heterocycles. The van der Waals surface area contributed by atoms with Crippen LogP contribution in [0.5, 0.6) is 34.5 Å². The van der Waals surface area contributed by atoms with Crippen molar-refractivity contribution in [3.05, 3.63) is 71.3 Å². The fourth-order valence-electron chi connectivity index (χ4n) is 7.51. The van der Waals surface area contributed by atoms with Crippen LogP contribution in [0, 0.1) is 0 Å². The summed E-state index contributed by atoms with van der Waals surface area (Å²) in [5.74, 6) is 2.85. The zero-order valence-electron chi connectivity index (χ0n) is 24.6. The van der Waals surface area contributed by atoms with Crippen LogP contribution in [0.4, 0.5) is 0 Å². The van der Waals surface area contributed by atoms with Crippen molar-refractivity contribution in [2.45, 2.75) is 43.1 Å². The number of rotatable bonds is 6. The summed E-state index contributed by atoms with van der Waals surface area (Å²) in [6.45, 7) is 2.49. The van der Waals surface area contributed by atoms with Gasteiger partial charge in [0.2, 0.25) is 31.0 Å². The van der Waals surface area contributed by atoms with Crippen molar-refractivity contribution in [2.75, 3.05) is 40.9 Å². The van der Waals surface area contributed by atoms with E-state index >= 15 is 0 Å². The number of nitrogens with zero attached hydrogens (tertiary/aromatic N) is 2. The highest BCUT2D eigenvalue weighted by atomic mass is 16.7. The molecule has 1 spiro atoms. The smallest absolute Gasteiger partial charge is 0.259 e. The Bertz CT molecular complexity index is 1660. The standard InChI is InChI=1S/C33H32N2O9/c1-18(36)34-15-23-28(21-12-25(39-3)30-27(13-21)41-17-43-30)33(31(44-33)20-7-5-4-6-8-20)32(37)35(23)14-22(34)9-19-10-24(38-2)29-26(11-19)40-16-42-29/h4-8,10-13,22-23,28,31H,9,14-17H2,1-3H3/t22-,23+,28+,31-,33+/m0/s1. The zero-order chi connectivity index (χ0) is 30.2. The van der Waals surface area contributed by atoms with E-state index in [1.807, 2.05) is 64.4 Å². The first-order valence-corrected chi connectivity index (χ1v) is 14.7. The van der Waals surface area contributed by atoms with E-state index in [1.54, 1.807) is 21.1 Å². The van der Waals surface area contributed by atoms with E-state index in [0.717, 1.165) is 16.7 Å². The van der Waals surface area contributed by atoms with Gasteiger partial charge >= 0.3 is 0 Å². The first-order chi connectivity index (χ1) is 21.4. The Morgan fingerprint density at radius 1 is 0.886 bits per heavy atom. The Morgan fingerprint density at radius 2 is 1.57 bits per heavy atom. The highest BCUT2D eigenvalue weighted by molar-refractivity contribution is 5.94. The molecule has 0 N–H and O–H groups in total. The van der Waals surface area contributed by atoms with Gasteiger partial charge in [0.15, 0.2) is 28.6 Å². The van der Waals surface area contributed by atoms with Gasteiger partial charge in [-0.3, -0.25) is 9.59 Å². The lowest BCUT2D eigenvalue weighted by Gasteiger charge is -2.44. The van der Waals surface area contributed by atoms with E-state index in [1.165, 1.54) is 0 Å². The Morgan fingerprint density at radius 3 is 2.25 bits per heavy atom. The first kappa shape index (κ1) is 26.9. The predicted molar refractivity (Wildman–Crippen MR) is 154 cm³/mol. The number of benzene rings is 3. The van der Waals surface area contributed by atoms with Gasteiger partial charge in [-0.15, -0.1) is 0 Å². The largest absolute Gasteiger partial charge is 0.493 e. The van der Waals surface area contributed by atoms with Gasteiger partial charge < -0.3 is 43.0 Å². The van der Waals surface area contributed by atoms with Gasteiger partial charge in [-0.2, -0.15) is 0 Å². The maximum Gasteiger partial charge on any atom is 0.259 e.